The van der Waals surface area contributed by atoms with Crippen LogP contribution in [0.25, 0.3) is 0 Å². The molecular weight excluding hydrogens is 192 g/mol. The van der Waals surface area contributed by atoms with Gasteiger partial charge in [0.25, 0.3) is 0 Å². The maximum atomic E-state index is 10.8. The summed E-state index contributed by atoms with van der Waals surface area (Å²) in [5.41, 5.74) is 5.11. The largest absolute Gasteiger partial charge is 0.369 e. The van der Waals surface area contributed by atoms with Crippen molar-refractivity contribution in [1.82, 2.24) is 14.8 Å². The van der Waals surface area contributed by atoms with Crippen LogP contribution >= 0.6 is 0 Å². The van der Waals surface area contributed by atoms with Crippen LogP contribution in [0.4, 0.5) is 0 Å². The quantitative estimate of drug-likeness (QED) is 0.806. The highest BCUT2D eigenvalue weighted by Gasteiger charge is 2.15. The summed E-state index contributed by atoms with van der Waals surface area (Å²) in [4.78, 5) is 15.1. The maximum absolute atomic E-state index is 10.8. The van der Waals surface area contributed by atoms with Gasteiger partial charge in [0.2, 0.25) is 5.91 Å². The lowest BCUT2D eigenvalue weighted by molar-refractivity contribution is -0.117. The van der Waals surface area contributed by atoms with Gasteiger partial charge in [-0.15, -0.1) is 0 Å². The van der Waals surface area contributed by atoms with E-state index in [4.69, 9.17) is 5.73 Å². The zero-order chi connectivity index (χ0) is 11.6. The van der Waals surface area contributed by atoms with Crippen molar-refractivity contribution >= 4 is 5.91 Å². The van der Waals surface area contributed by atoms with Gasteiger partial charge in [-0.1, -0.05) is 13.8 Å². The van der Waals surface area contributed by atoms with E-state index >= 15 is 0 Å². The van der Waals surface area contributed by atoms with Crippen molar-refractivity contribution in [3.63, 3.8) is 0 Å². The number of nitrogens with two attached hydrogens (primary N) is 1. The Balaban J connectivity index is 3.03. The van der Waals surface area contributed by atoms with Gasteiger partial charge in [-0.2, -0.15) is 5.10 Å². The molecule has 1 amide bonds. The fraction of sp³-hybridized carbons (Fsp3) is 0.700. The normalized spacial score (nSPS) is 11.3. The molecule has 0 saturated heterocycles. The predicted octanol–water partition coefficient (Wildman–Crippen LogP) is 1.01. The lowest BCUT2D eigenvalue weighted by atomic mass is 10.2. The average Bonchev–Trinajstić information content (AvgIpc) is 2.46. The molecule has 0 aliphatic rings. The van der Waals surface area contributed by atoms with Crippen LogP contribution in [0.2, 0.25) is 0 Å². The van der Waals surface area contributed by atoms with E-state index in [2.05, 4.69) is 23.9 Å². The summed E-state index contributed by atoms with van der Waals surface area (Å²) >= 11 is 0. The van der Waals surface area contributed by atoms with E-state index in [0.29, 0.717) is 11.7 Å². The second kappa shape index (κ2) is 4.42. The number of hydrogen-bond acceptors (Lipinski definition) is 3. The minimum absolute atomic E-state index is 0.111. The van der Waals surface area contributed by atoms with Gasteiger partial charge in [-0.25, -0.2) is 9.67 Å². The second-order valence-electron chi connectivity index (χ2n) is 4.22. The molecule has 84 valence electrons. The molecular formula is C10H18N4O. The van der Waals surface area contributed by atoms with Crippen molar-refractivity contribution in [3.05, 3.63) is 11.6 Å². The summed E-state index contributed by atoms with van der Waals surface area (Å²) in [5, 5.41) is 4.28. The number of rotatable bonds is 4. The number of aromatic nitrogens is 3. The smallest absolute Gasteiger partial charge is 0.225 e. The first-order valence-electron chi connectivity index (χ1n) is 5.15. The molecule has 5 nitrogen and oxygen atoms in total. The monoisotopic (exact) mass is 210 g/mol. The van der Waals surface area contributed by atoms with Gasteiger partial charge in [0.15, 0.2) is 5.82 Å². The first-order valence-corrected chi connectivity index (χ1v) is 5.15. The summed E-state index contributed by atoms with van der Waals surface area (Å²) < 4.78 is 1.85. The highest BCUT2D eigenvalue weighted by molar-refractivity contribution is 5.75. The van der Waals surface area contributed by atoms with E-state index < -0.39 is 5.91 Å². The summed E-state index contributed by atoms with van der Waals surface area (Å²) in [6.07, 6.45) is 0.111. The predicted molar refractivity (Wildman–Crippen MR) is 57.4 cm³/mol. The number of primary amides is 1. The van der Waals surface area contributed by atoms with Gasteiger partial charge in [-0.3, -0.25) is 4.79 Å². The molecule has 1 rings (SSSR count). The maximum Gasteiger partial charge on any atom is 0.225 e. The second-order valence-corrected chi connectivity index (χ2v) is 4.22. The average molecular weight is 210 g/mol. The third-order valence-electron chi connectivity index (χ3n) is 2.04. The Morgan fingerprint density at radius 1 is 1.40 bits per heavy atom. The van der Waals surface area contributed by atoms with E-state index in [0.717, 1.165) is 5.82 Å². The molecule has 0 saturated carbocycles. The van der Waals surface area contributed by atoms with Crippen molar-refractivity contribution in [2.45, 2.75) is 46.1 Å². The first-order chi connectivity index (χ1) is 6.91. The topological polar surface area (TPSA) is 73.8 Å². The summed E-state index contributed by atoms with van der Waals surface area (Å²) in [5.74, 6) is 1.31. The molecule has 2 N–H and O–H groups in total. The molecule has 0 atom stereocenters. The van der Waals surface area contributed by atoms with Crippen molar-refractivity contribution in [2.24, 2.45) is 5.73 Å². The van der Waals surface area contributed by atoms with Gasteiger partial charge in [0.1, 0.15) is 5.82 Å². The molecule has 5 heteroatoms. The Labute approximate surface area is 89.7 Å². The minimum Gasteiger partial charge on any atom is -0.369 e. The van der Waals surface area contributed by atoms with E-state index in [-0.39, 0.29) is 12.5 Å². The third kappa shape index (κ3) is 2.78. The van der Waals surface area contributed by atoms with E-state index in [1.54, 1.807) is 0 Å². The number of carbonyl (C=O) groups excluding carboxylic acids is 1. The van der Waals surface area contributed by atoms with Crippen LogP contribution < -0.4 is 5.73 Å². The molecule has 0 fully saturated rings. The Bertz CT molecular complexity index is 329. The minimum atomic E-state index is -0.397. The SMILES string of the molecule is CC(C)c1nc(CC(N)=O)nn1C(C)C. The van der Waals surface area contributed by atoms with Gasteiger partial charge in [0, 0.05) is 12.0 Å². The van der Waals surface area contributed by atoms with Crippen molar-refractivity contribution in [1.29, 1.82) is 0 Å². The van der Waals surface area contributed by atoms with Crippen LogP contribution in [0.15, 0.2) is 0 Å². The summed E-state index contributed by atoms with van der Waals surface area (Å²) in [6, 6.07) is 0.247. The van der Waals surface area contributed by atoms with Crippen LogP contribution in [0.5, 0.6) is 0 Å². The Kier molecular flexibility index (Phi) is 3.44. The van der Waals surface area contributed by atoms with Gasteiger partial charge < -0.3 is 5.73 Å². The van der Waals surface area contributed by atoms with Gasteiger partial charge in [-0.05, 0) is 13.8 Å². The number of nitrogens with zero attached hydrogens (tertiary/aromatic N) is 3. The van der Waals surface area contributed by atoms with Crippen molar-refractivity contribution < 1.29 is 4.79 Å². The summed E-state index contributed by atoms with van der Waals surface area (Å²) in [7, 11) is 0. The van der Waals surface area contributed by atoms with Crippen molar-refractivity contribution in [2.75, 3.05) is 0 Å². The van der Waals surface area contributed by atoms with Gasteiger partial charge in [0.05, 0.1) is 6.42 Å². The van der Waals surface area contributed by atoms with Crippen molar-refractivity contribution in [3.8, 4) is 0 Å². The molecule has 1 aromatic heterocycles. The Morgan fingerprint density at radius 2 is 2.00 bits per heavy atom. The fourth-order valence-electron chi connectivity index (χ4n) is 1.39. The lowest BCUT2D eigenvalue weighted by Crippen LogP contribution is -2.15. The van der Waals surface area contributed by atoms with Crippen LogP contribution in [0.1, 0.15) is 51.3 Å². The lowest BCUT2D eigenvalue weighted by Gasteiger charge is -2.10. The zero-order valence-electron chi connectivity index (χ0n) is 9.69. The molecule has 0 spiro atoms. The number of carbonyl (C=O) groups is 1. The van der Waals surface area contributed by atoms with Crippen LogP contribution in [0, 0.1) is 0 Å². The van der Waals surface area contributed by atoms with Crippen LogP contribution in [-0.2, 0) is 11.2 Å². The molecule has 1 heterocycles. The molecule has 0 aromatic carbocycles. The number of amides is 1. The molecule has 0 aliphatic carbocycles. The molecule has 0 bridgehead atoms. The number of hydrogen-bond donors (Lipinski definition) is 1. The third-order valence-corrected chi connectivity index (χ3v) is 2.04. The molecule has 15 heavy (non-hydrogen) atoms. The highest BCUT2D eigenvalue weighted by Crippen LogP contribution is 2.16. The van der Waals surface area contributed by atoms with E-state index in [9.17, 15) is 4.79 Å². The summed E-state index contributed by atoms with van der Waals surface area (Å²) in [6.45, 7) is 8.18. The van der Waals surface area contributed by atoms with E-state index in [1.165, 1.54) is 0 Å². The molecule has 0 radical (unpaired) electrons. The van der Waals surface area contributed by atoms with Crippen LogP contribution in [-0.4, -0.2) is 20.7 Å². The van der Waals surface area contributed by atoms with Gasteiger partial charge >= 0.3 is 0 Å². The molecule has 1 aromatic rings. The van der Waals surface area contributed by atoms with Crippen LogP contribution in [0.3, 0.4) is 0 Å². The zero-order valence-corrected chi connectivity index (χ0v) is 9.69. The molecule has 0 unspecified atom stereocenters. The highest BCUT2D eigenvalue weighted by atomic mass is 16.1. The Hall–Kier alpha value is -1.39. The molecule has 0 aliphatic heterocycles. The Morgan fingerprint density at radius 3 is 2.33 bits per heavy atom. The fourth-order valence-corrected chi connectivity index (χ4v) is 1.39. The standard InChI is InChI=1S/C10H18N4O/c1-6(2)10-12-9(5-8(11)15)13-14(10)7(3)4/h6-7H,5H2,1-4H3,(H2,11,15). The van der Waals surface area contributed by atoms with E-state index in [1.807, 2.05) is 18.5 Å². The first kappa shape index (κ1) is 11.7.